The number of imidazole rings is 1. The van der Waals surface area contributed by atoms with E-state index in [9.17, 15) is 0 Å². The van der Waals surface area contributed by atoms with Gasteiger partial charge in [0.2, 0.25) is 0 Å². The molecule has 2 N–H and O–H groups in total. The number of aromatic nitrogens is 2. The summed E-state index contributed by atoms with van der Waals surface area (Å²) in [5, 5.41) is 12.5. The molecule has 0 spiro atoms. The van der Waals surface area contributed by atoms with E-state index in [0.29, 0.717) is 11.7 Å². The number of aliphatic hydroxyl groups is 1. The normalized spacial score (nSPS) is 10.8. The number of nitrogens with one attached hydrogen (secondary N) is 1. The lowest BCUT2D eigenvalue weighted by Gasteiger charge is -2.04. The fourth-order valence-corrected chi connectivity index (χ4v) is 1.30. The molecule has 14 heavy (non-hydrogen) atoms. The van der Waals surface area contributed by atoms with Crippen molar-refractivity contribution in [1.82, 2.24) is 14.9 Å². The Hall–Kier alpha value is -0.580. The maximum Gasteiger partial charge on any atom is 0.128 e. The first-order valence-electron chi connectivity index (χ1n) is 4.73. The van der Waals surface area contributed by atoms with Gasteiger partial charge in [-0.15, -0.1) is 0 Å². The lowest BCUT2D eigenvalue weighted by atomic mass is 10.3. The Balaban J connectivity index is 2.21. The van der Waals surface area contributed by atoms with Crippen LogP contribution in [0.2, 0.25) is 5.15 Å². The Kier molecular flexibility index (Phi) is 4.93. The van der Waals surface area contributed by atoms with Crippen LogP contribution in [0.5, 0.6) is 0 Å². The first-order chi connectivity index (χ1) is 6.75. The summed E-state index contributed by atoms with van der Waals surface area (Å²) in [6.07, 6.45) is 3.47. The Bertz CT molecular complexity index is 275. The van der Waals surface area contributed by atoms with Gasteiger partial charge in [0.15, 0.2) is 0 Å². The maximum absolute atomic E-state index is 8.57. The van der Waals surface area contributed by atoms with Gasteiger partial charge in [-0.3, -0.25) is 0 Å². The minimum Gasteiger partial charge on any atom is -0.396 e. The third-order valence-electron chi connectivity index (χ3n) is 2.07. The number of unbranched alkanes of at least 4 members (excludes halogenated alkanes) is 1. The van der Waals surface area contributed by atoms with Crippen molar-refractivity contribution >= 4 is 11.6 Å². The molecule has 0 aliphatic heterocycles. The molecule has 1 aromatic heterocycles. The van der Waals surface area contributed by atoms with Gasteiger partial charge >= 0.3 is 0 Å². The molecule has 0 bridgehead atoms. The molecule has 0 unspecified atom stereocenters. The Morgan fingerprint density at radius 2 is 2.36 bits per heavy atom. The van der Waals surface area contributed by atoms with Crippen molar-refractivity contribution in [1.29, 1.82) is 0 Å². The maximum atomic E-state index is 8.57. The predicted molar refractivity (Wildman–Crippen MR) is 56.2 cm³/mol. The van der Waals surface area contributed by atoms with E-state index in [2.05, 4.69) is 10.3 Å². The third kappa shape index (κ3) is 3.29. The van der Waals surface area contributed by atoms with Gasteiger partial charge in [0, 0.05) is 13.7 Å². The van der Waals surface area contributed by atoms with E-state index in [4.69, 9.17) is 16.7 Å². The molecule has 4 nitrogen and oxygen atoms in total. The molecule has 0 atom stereocenters. The van der Waals surface area contributed by atoms with Crippen LogP contribution in [0.25, 0.3) is 0 Å². The summed E-state index contributed by atoms with van der Waals surface area (Å²) in [7, 11) is 1.89. The summed E-state index contributed by atoms with van der Waals surface area (Å²) in [6.45, 7) is 1.87. The topological polar surface area (TPSA) is 50.1 Å². The number of rotatable bonds is 6. The fraction of sp³-hybridized carbons (Fsp3) is 0.667. The summed E-state index contributed by atoms with van der Waals surface area (Å²) >= 11 is 5.83. The first-order valence-corrected chi connectivity index (χ1v) is 5.11. The second-order valence-corrected chi connectivity index (χ2v) is 3.55. The molecule has 0 saturated heterocycles. The highest BCUT2D eigenvalue weighted by Gasteiger charge is 2.02. The van der Waals surface area contributed by atoms with Crippen molar-refractivity contribution in [3.63, 3.8) is 0 Å². The van der Waals surface area contributed by atoms with Crippen LogP contribution in [0.1, 0.15) is 18.7 Å². The average molecular weight is 218 g/mol. The summed E-state index contributed by atoms with van der Waals surface area (Å²) in [5.41, 5.74) is 0. The molecule has 80 valence electrons. The summed E-state index contributed by atoms with van der Waals surface area (Å²) < 4.78 is 1.85. The summed E-state index contributed by atoms with van der Waals surface area (Å²) in [5.74, 6) is 0.930. The van der Waals surface area contributed by atoms with Crippen LogP contribution in [0.4, 0.5) is 0 Å². The number of hydrogen-bond acceptors (Lipinski definition) is 3. The van der Waals surface area contributed by atoms with E-state index in [-0.39, 0.29) is 6.61 Å². The number of hydrogen-bond donors (Lipinski definition) is 2. The summed E-state index contributed by atoms with van der Waals surface area (Å²) in [6, 6.07) is 0. The van der Waals surface area contributed by atoms with Gasteiger partial charge in [0.25, 0.3) is 0 Å². The molecule has 0 radical (unpaired) electrons. The monoisotopic (exact) mass is 217 g/mol. The minimum absolute atomic E-state index is 0.260. The zero-order valence-electron chi connectivity index (χ0n) is 8.33. The second kappa shape index (κ2) is 6.01. The zero-order valence-corrected chi connectivity index (χ0v) is 9.09. The average Bonchev–Trinajstić information content (AvgIpc) is 2.49. The molecule has 0 fully saturated rings. The number of halogens is 1. The standard InChI is InChI=1S/C9H16ClN3O/c1-13-8(10)6-12-9(13)7-11-4-2-3-5-14/h6,11,14H,2-5,7H2,1H3. The fourth-order valence-electron chi connectivity index (χ4n) is 1.15. The van der Waals surface area contributed by atoms with Crippen LogP contribution in [0.3, 0.4) is 0 Å². The van der Waals surface area contributed by atoms with E-state index in [1.165, 1.54) is 0 Å². The van der Waals surface area contributed by atoms with Crippen molar-refractivity contribution in [2.24, 2.45) is 7.05 Å². The SMILES string of the molecule is Cn1c(Cl)cnc1CNCCCCO. The van der Waals surface area contributed by atoms with Crippen molar-refractivity contribution in [2.75, 3.05) is 13.2 Å². The molecule has 5 heteroatoms. The molecule has 1 aromatic rings. The van der Waals surface area contributed by atoms with Crippen molar-refractivity contribution in [2.45, 2.75) is 19.4 Å². The Morgan fingerprint density at radius 3 is 2.93 bits per heavy atom. The molecule has 0 saturated carbocycles. The molecule has 0 amide bonds. The second-order valence-electron chi connectivity index (χ2n) is 3.16. The molecular weight excluding hydrogens is 202 g/mol. The van der Waals surface area contributed by atoms with Gasteiger partial charge in [-0.1, -0.05) is 11.6 Å². The predicted octanol–water partition coefficient (Wildman–Crippen LogP) is 0.936. The lowest BCUT2D eigenvalue weighted by Crippen LogP contribution is -2.17. The number of aliphatic hydroxyl groups excluding tert-OH is 1. The van der Waals surface area contributed by atoms with Gasteiger partial charge in [0.1, 0.15) is 11.0 Å². The van der Waals surface area contributed by atoms with E-state index in [1.54, 1.807) is 6.20 Å². The van der Waals surface area contributed by atoms with E-state index in [1.807, 2.05) is 11.6 Å². The van der Waals surface area contributed by atoms with Crippen molar-refractivity contribution < 1.29 is 5.11 Å². The van der Waals surface area contributed by atoms with Gasteiger partial charge < -0.3 is 15.0 Å². The van der Waals surface area contributed by atoms with Crippen LogP contribution < -0.4 is 5.32 Å². The lowest BCUT2D eigenvalue weighted by molar-refractivity contribution is 0.283. The minimum atomic E-state index is 0.260. The molecule has 0 aromatic carbocycles. The number of nitrogens with zero attached hydrogens (tertiary/aromatic N) is 2. The third-order valence-corrected chi connectivity index (χ3v) is 2.42. The highest BCUT2D eigenvalue weighted by molar-refractivity contribution is 6.29. The Morgan fingerprint density at radius 1 is 1.57 bits per heavy atom. The van der Waals surface area contributed by atoms with Crippen LogP contribution >= 0.6 is 11.6 Å². The molecular formula is C9H16ClN3O. The molecule has 0 aliphatic rings. The van der Waals surface area contributed by atoms with E-state index < -0.39 is 0 Å². The smallest absolute Gasteiger partial charge is 0.128 e. The van der Waals surface area contributed by atoms with Crippen molar-refractivity contribution in [3.8, 4) is 0 Å². The van der Waals surface area contributed by atoms with Crippen molar-refractivity contribution in [3.05, 3.63) is 17.2 Å². The highest BCUT2D eigenvalue weighted by atomic mass is 35.5. The van der Waals surface area contributed by atoms with Gasteiger partial charge in [-0.2, -0.15) is 0 Å². The quantitative estimate of drug-likeness (QED) is 0.698. The zero-order chi connectivity index (χ0) is 10.4. The summed E-state index contributed by atoms with van der Waals surface area (Å²) in [4.78, 5) is 4.15. The van der Waals surface area contributed by atoms with Gasteiger partial charge in [0.05, 0.1) is 12.7 Å². The first kappa shape index (κ1) is 11.5. The van der Waals surface area contributed by atoms with Crippen LogP contribution in [-0.4, -0.2) is 27.8 Å². The largest absolute Gasteiger partial charge is 0.396 e. The van der Waals surface area contributed by atoms with E-state index in [0.717, 1.165) is 25.2 Å². The molecule has 1 rings (SSSR count). The Labute approximate surface area is 88.9 Å². The van der Waals surface area contributed by atoms with Gasteiger partial charge in [-0.05, 0) is 19.4 Å². The molecule has 0 aliphatic carbocycles. The van der Waals surface area contributed by atoms with Gasteiger partial charge in [-0.25, -0.2) is 4.98 Å². The highest BCUT2D eigenvalue weighted by Crippen LogP contribution is 2.08. The van der Waals surface area contributed by atoms with E-state index >= 15 is 0 Å². The van der Waals surface area contributed by atoms with Crippen LogP contribution in [0.15, 0.2) is 6.20 Å². The van der Waals surface area contributed by atoms with Crippen LogP contribution in [-0.2, 0) is 13.6 Å². The van der Waals surface area contributed by atoms with Crippen LogP contribution in [0, 0.1) is 0 Å². The molecule has 1 heterocycles.